The average Bonchev–Trinajstić information content (AvgIpc) is 3.05. The molecule has 1 fully saturated rings. The average molecular weight is 230 g/mol. The van der Waals surface area contributed by atoms with Crippen LogP contribution in [0.3, 0.4) is 0 Å². The maximum atomic E-state index is 5.49. The highest BCUT2D eigenvalue weighted by Crippen LogP contribution is 2.39. The Morgan fingerprint density at radius 1 is 1.41 bits per heavy atom. The molecule has 0 radical (unpaired) electrons. The van der Waals surface area contributed by atoms with Crippen LogP contribution in [0.5, 0.6) is 0 Å². The van der Waals surface area contributed by atoms with Gasteiger partial charge < -0.3 is 5.43 Å². The summed E-state index contributed by atoms with van der Waals surface area (Å²) >= 11 is 0. The lowest BCUT2D eigenvalue weighted by molar-refractivity contribution is 0.800. The lowest BCUT2D eigenvalue weighted by Crippen LogP contribution is -2.15. The quantitative estimate of drug-likeness (QED) is 0.610. The van der Waals surface area contributed by atoms with Crippen LogP contribution in [0.1, 0.15) is 30.1 Å². The molecule has 1 aliphatic rings. The van der Waals surface area contributed by atoms with E-state index in [9.17, 15) is 0 Å². The van der Waals surface area contributed by atoms with Gasteiger partial charge in [-0.2, -0.15) is 5.10 Å². The van der Waals surface area contributed by atoms with Crippen molar-refractivity contribution in [1.29, 1.82) is 0 Å². The zero-order valence-corrected chi connectivity index (χ0v) is 9.59. The Morgan fingerprint density at radius 2 is 2.24 bits per heavy atom. The molecular weight excluding hydrogens is 216 g/mol. The van der Waals surface area contributed by atoms with E-state index in [1.807, 2.05) is 19.2 Å². The minimum Gasteiger partial charge on any atom is -0.308 e. The van der Waals surface area contributed by atoms with E-state index in [-0.39, 0.29) is 0 Å². The number of hydrogen-bond donors (Lipinski definition) is 2. The van der Waals surface area contributed by atoms with E-state index in [2.05, 4.69) is 20.5 Å². The minimum absolute atomic E-state index is 0.483. The van der Waals surface area contributed by atoms with Crippen molar-refractivity contribution in [3.8, 4) is 5.82 Å². The summed E-state index contributed by atoms with van der Waals surface area (Å²) in [5.74, 6) is 8.30. The molecule has 6 heteroatoms. The Bertz CT molecular complexity index is 529. The summed E-state index contributed by atoms with van der Waals surface area (Å²) in [4.78, 5) is 9.01. The van der Waals surface area contributed by atoms with Crippen molar-refractivity contribution in [1.82, 2.24) is 19.7 Å². The molecule has 3 rings (SSSR count). The van der Waals surface area contributed by atoms with Gasteiger partial charge in [-0.3, -0.25) is 0 Å². The van der Waals surface area contributed by atoms with Crippen LogP contribution in [-0.4, -0.2) is 19.7 Å². The summed E-state index contributed by atoms with van der Waals surface area (Å²) in [6, 6.07) is 1.87. The van der Waals surface area contributed by atoms with E-state index in [1.165, 1.54) is 0 Å². The fourth-order valence-corrected chi connectivity index (χ4v) is 1.80. The van der Waals surface area contributed by atoms with Crippen LogP contribution in [0.2, 0.25) is 0 Å². The van der Waals surface area contributed by atoms with Crippen LogP contribution in [0.15, 0.2) is 18.5 Å². The molecule has 0 aromatic carbocycles. The Labute approximate surface area is 98.8 Å². The van der Waals surface area contributed by atoms with Gasteiger partial charge in [0.2, 0.25) is 0 Å². The smallest absolute Gasteiger partial charge is 0.162 e. The molecule has 0 atom stereocenters. The topological polar surface area (TPSA) is 81.6 Å². The summed E-state index contributed by atoms with van der Waals surface area (Å²) in [5.41, 5.74) is 3.53. The largest absolute Gasteiger partial charge is 0.308 e. The van der Waals surface area contributed by atoms with Crippen LogP contribution in [0.4, 0.5) is 5.82 Å². The molecule has 17 heavy (non-hydrogen) atoms. The third kappa shape index (κ3) is 1.76. The van der Waals surface area contributed by atoms with Crippen LogP contribution in [0, 0.1) is 6.92 Å². The number of nitrogens with zero attached hydrogens (tertiary/aromatic N) is 4. The normalized spacial score (nSPS) is 14.9. The van der Waals surface area contributed by atoms with E-state index in [0.717, 1.165) is 30.0 Å². The van der Waals surface area contributed by atoms with E-state index in [0.29, 0.717) is 11.7 Å². The summed E-state index contributed by atoms with van der Waals surface area (Å²) in [6.45, 7) is 1.93. The first kappa shape index (κ1) is 10.2. The van der Waals surface area contributed by atoms with Crippen LogP contribution in [-0.2, 0) is 0 Å². The fourth-order valence-electron chi connectivity index (χ4n) is 1.80. The molecule has 1 saturated carbocycles. The van der Waals surface area contributed by atoms with Gasteiger partial charge in [0.1, 0.15) is 11.6 Å². The molecule has 0 aliphatic heterocycles. The predicted molar refractivity (Wildman–Crippen MR) is 63.7 cm³/mol. The van der Waals surface area contributed by atoms with Crippen molar-refractivity contribution in [2.24, 2.45) is 5.84 Å². The monoisotopic (exact) mass is 230 g/mol. The molecule has 0 bridgehead atoms. The Morgan fingerprint density at radius 3 is 2.82 bits per heavy atom. The van der Waals surface area contributed by atoms with Crippen molar-refractivity contribution in [3.05, 3.63) is 29.8 Å². The SMILES string of the molecule is Cc1c(NN)nc(C2CC2)nc1-n1cccn1. The molecule has 0 spiro atoms. The van der Waals surface area contributed by atoms with Crippen molar-refractivity contribution in [3.63, 3.8) is 0 Å². The summed E-state index contributed by atoms with van der Waals surface area (Å²) < 4.78 is 1.74. The molecule has 0 saturated heterocycles. The van der Waals surface area contributed by atoms with E-state index in [4.69, 9.17) is 5.84 Å². The van der Waals surface area contributed by atoms with Gasteiger partial charge in [-0.1, -0.05) is 0 Å². The molecule has 88 valence electrons. The Kier molecular flexibility index (Phi) is 2.29. The molecule has 2 heterocycles. The molecule has 1 aliphatic carbocycles. The maximum absolute atomic E-state index is 5.49. The first-order valence-electron chi connectivity index (χ1n) is 5.64. The van der Waals surface area contributed by atoms with Gasteiger partial charge in [-0.05, 0) is 25.8 Å². The molecule has 0 unspecified atom stereocenters. The second-order valence-corrected chi connectivity index (χ2v) is 4.25. The number of rotatable bonds is 3. The van der Waals surface area contributed by atoms with Gasteiger partial charge in [-0.15, -0.1) is 0 Å². The van der Waals surface area contributed by atoms with Gasteiger partial charge in [0, 0.05) is 23.9 Å². The van der Waals surface area contributed by atoms with E-state index in [1.54, 1.807) is 10.9 Å². The summed E-state index contributed by atoms with van der Waals surface area (Å²) in [7, 11) is 0. The summed E-state index contributed by atoms with van der Waals surface area (Å²) in [6.07, 6.45) is 5.91. The van der Waals surface area contributed by atoms with Gasteiger partial charge >= 0.3 is 0 Å². The minimum atomic E-state index is 0.483. The number of nitrogens with one attached hydrogen (secondary N) is 1. The fraction of sp³-hybridized carbons (Fsp3) is 0.364. The molecule has 3 N–H and O–H groups in total. The highest BCUT2D eigenvalue weighted by atomic mass is 15.3. The third-order valence-electron chi connectivity index (χ3n) is 2.94. The second kappa shape index (κ2) is 3.81. The lowest BCUT2D eigenvalue weighted by Gasteiger charge is -2.11. The van der Waals surface area contributed by atoms with E-state index >= 15 is 0 Å². The second-order valence-electron chi connectivity index (χ2n) is 4.25. The van der Waals surface area contributed by atoms with Gasteiger partial charge in [0.05, 0.1) is 0 Å². The number of aromatic nitrogens is 4. The first-order valence-corrected chi connectivity index (χ1v) is 5.64. The predicted octanol–water partition coefficient (Wildman–Crippen LogP) is 1.13. The van der Waals surface area contributed by atoms with Crippen molar-refractivity contribution in [2.45, 2.75) is 25.7 Å². The van der Waals surface area contributed by atoms with Crippen LogP contribution in [0.25, 0.3) is 5.82 Å². The number of nitrogen functional groups attached to an aromatic ring is 1. The lowest BCUT2D eigenvalue weighted by atomic mass is 10.3. The molecule has 6 nitrogen and oxygen atoms in total. The van der Waals surface area contributed by atoms with Gasteiger partial charge in [-0.25, -0.2) is 20.5 Å². The first-order chi connectivity index (χ1) is 8.29. The molecule has 2 aromatic rings. The highest BCUT2D eigenvalue weighted by molar-refractivity contribution is 5.51. The number of hydrogen-bond acceptors (Lipinski definition) is 5. The third-order valence-corrected chi connectivity index (χ3v) is 2.94. The maximum Gasteiger partial charge on any atom is 0.162 e. The molecule has 0 amide bonds. The Hall–Kier alpha value is -1.95. The standard InChI is InChI=1S/C11H14N6/c1-7-9(16-12)14-10(8-3-4-8)15-11(7)17-6-2-5-13-17/h2,5-6,8H,3-4,12H2,1H3,(H,14,15,16). The van der Waals surface area contributed by atoms with Gasteiger partial charge in [0.25, 0.3) is 0 Å². The van der Waals surface area contributed by atoms with Crippen molar-refractivity contribution < 1.29 is 0 Å². The zero-order chi connectivity index (χ0) is 11.8. The Balaban J connectivity index is 2.15. The number of nitrogens with two attached hydrogens (primary N) is 1. The van der Waals surface area contributed by atoms with Crippen LogP contribution < -0.4 is 11.3 Å². The number of anilines is 1. The van der Waals surface area contributed by atoms with E-state index < -0.39 is 0 Å². The highest BCUT2D eigenvalue weighted by Gasteiger charge is 2.28. The van der Waals surface area contributed by atoms with Crippen molar-refractivity contribution >= 4 is 5.82 Å². The number of hydrazine groups is 1. The summed E-state index contributed by atoms with van der Waals surface area (Å²) in [5, 5.41) is 4.20. The van der Waals surface area contributed by atoms with Crippen LogP contribution >= 0.6 is 0 Å². The molecule has 2 aromatic heterocycles. The molecular formula is C11H14N6. The van der Waals surface area contributed by atoms with Crippen molar-refractivity contribution in [2.75, 3.05) is 5.43 Å². The zero-order valence-electron chi connectivity index (χ0n) is 9.59. The van der Waals surface area contributed by atoms with Gasteiger partial charge in [0.15, 0.2) is 5.82 Å².